The van der Waals surface area contributed by atoms with Crippen molar-refractivity contribution < 1.29 is 22.7 Å². The number of fused-ring (bicyclic) bond motifs is 2. The Morgan fingerprint density at radius 3 is 2.58 bits per heavy atom. The second-order valence-electron chi connectivity index (χ2n) is 8.02. The van der Waals surface area contributed by atoms with Gasteiger partial charge >= 0.3 is 6.36 Å². The summed E-state index contributed by atoms with van der Waals surface area (Å²) in [5.74, 6) is -0.293. The van der Waals surface area contributed by atoms with E-state index in [9.17, 15) is 18.0 Å². The number of carbonyl (C=O) groups is 1. The van der Waals surface area contributed by atoms with Gasteiger partial charge in [0.25, 0.3) is 5.91 Å². The number of hydrogen-bond acceptors (Lipinski definition) is 7. The lowest BCUT2D eigenvalue weighted by atomic mass is 10.00. The van der Waals surface area contributed by atoms with E-state index in [-0.39, 0.29) is 11.7 Å². The van der Waals surface area contributed by atoms with E-state index >= 15 is 0 Å². The van der Waals surface area contributed by atoms with Gasteiger partial charge in [-0.3, -0.25) is 9.78 Å². The molecule has 0 fully saturated rings. The van der Waals surface area contributed by atoms with Crippen molar-refractivity contribution in [2.45, 2.75) is 19.7 Å². The maximum Gasteiger partial charge on any atom is 0.573 e. The quantitative estimate of drug-likeness (QED) is 0.307. The van der Waals surface area contributed by atoms with E-state index in [0.717, 1.165) is 21.9 Å². The first-order chi connectivity index (χ1) is 17.2. The topological polar surface area (TPSA) is 103 Å². The van der Waals surface area contributed by atoms with Crippen molar-refractivity contribution in [2.75, 3.05) is 11.1 Å². The average Bonchev–Trinajstić information content (AvgIpc) is 3.27. The van der Waals surface area contributed by atoms with Crippen LogP contribution in [0.4, 0.5) is 24.7 Å². The van der Waals surface area contributed by atoms with Crippen molar-refractivity contribution in [1.29, 1.82) is 0 Å². The van der Waals surface area contributed by atoms with E-state index in [2.05, 4.69) is 25.0 Å². The SMILES string of the molecule is Cc1ccc2c(Cc3ccc(OC(F)(F)F)cc3)nccc2c1NC(=O)c1csc2c(N)ncnc12. The van der Waals surface area contributed by atoms with Crippen LogP contribution in [0.15, 0.2) is 60.4 Å². The van der Waals surface area contributed by atoms with Crippen molar-refractivity contribution in [1.82, 2.24) is 15.0 Å². The molecule has 3 aromatic heterocycles. The zero-order valence-corrected chi connectivity index (χ0v) is 19.6. The van der Waals surface area contributed by atoms with Gasteiger partial charge in [0, 0.05) is 28.8 Å². The number of aryl methyl sites for hydroxylation is 1. The van der Waals surface area contributed by atoms with Crippen LogP contribution in [-0.4, -0.2) is 27.2 Å². The molecule has 3 N–H and O–H groups in total. The lowest BCUT2D eigenvalue weighted by Gasteiger charge is -2.14. The summed E-state index contributed by atoms with van der Waals surface area (Å²) in [5.41, 5.74) is 9.76. The van der Waals surface area contributed by atoms with E-state index in [0.29, 0.717) is 39.4 Å². The number of anilines is 2. The van der Waals surface area contributed by atoms with Crippen LogP contribution < -0.4 is 15.8 Å². The van der Waals surface area contributed by atoms with Crippen molar-refractivity contribution in [2.24, 2.45) is 0 Å². The molecule has 7 nitrogen and oxygen atoms in total. The Kier molecular flexibility index (Phi) is 5.92. The number of aromatic nitrogens is 3. The molecule has 0 radical (unpaired) electrons. The number of nitrogen functional groups attached to an aromatic ring is 1. The highest BCUT2D eigenvalue weighted by molar-refractivity contribution is 7.18. The van der Waals surface area contributed by atoms with Gasteiger partial charge in [-0.1, -0.05) is 24.3 Å². The van der Waals surface area contributed by atoms with Crippen LogP contribution in [0.3, 0.4) is 0 Å². The number of alkyl halides is 3. The van der Waals surface area contributed by atoms with E-state index in [1.165, 1.54) is 29.8 Å². The molecule has 0 saturated carbocycles. The predicted molar refractivity (Wildman–Crippen MR) is 132 cm³/mol. The van der Waals surface area contributed by atoms with Crippen LogP contribution in [0.2, 0.25) is 0 Å². The van der Waals surface area contributed by atoms with Crippen LogP contribution in [0, 0.1) is 6.92 Å². The number of nitrogens with zero attached hydrogens (tertiary/aromatic N) is 3. The fourth-order valence-corrected chi connectivity index (χ4v) is 4.85. The van der Waals surface area contributed by atoms with Crippen LogP contribution in [0.1, 0.15) is 27.2 Å². The van der Waals surface area contributed by atoms with Crippen molar-refractivity contribution in [3.63, 3.8) is 0 Å². The minimum atomic E-state index is -4.74. The molecule has 5 rings (SSSR count). The fraction of sp³-hybridized carbons (Fsp3) is 0.120. The number of ether oxygens (including phenoxy) is 1. The third-order valence-electron chi connectivity index (χ3n) is 5.63. The van der Waals surface area contributed by atoms with Gasteiger partial charge < -0.3 is 15.8 Å². The lowest BCUT2D eigenvalue weighted by molar-refractivity contribution is -0.274. The summed E-state index contributed by atoms with van der Waals surface area (Å²) < 4.78 is 41.9. The van der Waals surface area contributed by atoms with Gasteiger partial charge in [0.2, 0.25) is 0 Å². The Hall–Kier alpha value is -4.25. The summed E-state index contributed by atoms with van der Waals surface area (Å²) in [6.07, 6.45) is -1.40. The molecule has 3 heterocycles. The molecule has 1 amide bonds. The number of halogens is 3. The van der Waals surface area contributed by atoms with Crippen LogP contribution >= 0.6 is 11.3 Å². The smallest absolute Gasteiger partial charge is 0.406 e. The molecule has 36 heavy (non-hydrogen) atoms. The minimum absolute atomic E-state index is 0.286. The molecular formula is C25H18F3N5O2S. The fourth-order valence-electron chi connectivity index (χ4n) is 3.94. The third kappa shape index (κ3) is 4.65. The molecule has 0 aliphatic rings. The molecule has 5 aromatic rings. The Balaban J connectivity index is 1.45. The number of rotatable bonds is 5. The molecule has 0 aliphatic carbocycles. The van der Waals surface area contributed by atoms with Crippen molar-refractivity contribution in [3.8, 4) is 5.75 Å². The number of thiophene rings is 1. The van der Waals surface area contributed by atoms with Gasteiger partial charge in [-0.05, 0) is 36.2 Å². The normalized spacial score (nSPS) is 11.7. The molecule has 11 heteroatoms. The minimum Gasteiger partial charge on any atom is -0.406 e. The first kappa shape index (κ1) is 23.5. The molecule has 0 aliphatic heterocycles. The van der Waals surface area contributed by atoms with Gasteiger partial charge in [0.1, 0.15) is 17.9 Å². The maximum atomic E-state index is 13.2. The molecule has 182 valence electrons. The molecular weight excluding hydrogens is 491 g/mol. The molecule has 2 aromatic carbocycles. The number of amides is 1. The number of hydrogen-bond donors (Lipinski definition) is 2. The molecule has 0 saturated heterocycles. The second kappa shape index (κ2) is 9.08. The highest BCUT2D eigenvalue weighted by Crippen LogP contribution is 2.32. The lowest BCUT2D eigenvalue weighted by Crippen LogP contribution is -2.17. The van der Waals surface area contributed by atoms with E-state index in [4.69, 9.17) is 5.73 Å². The molecule has 0 atom stereocenters. The third-order valence-corrected chi connectivity index (χ3v) is 6.62. The standard InChI is InChI=1S/C25H18F3N5O2S/c1-13-2-7-16-17(20(13)33-24(34)18-11-36-22-21(18)31-12-32-23(22)29)8-9-30-19(16)10-14-3-5-15(6-4-14)35-25(26,27)28/h2-9,11-12H,10H2,1H3,(H,33,34)(H2,29,31,32). The van der Waals surface area contributed by atoms with E-state index in [1.807, 2.05) is 25.1 Å². The van der Waals surface area contributed by atoms with E-state index in [1.54, 1.807) is 23.7 Å². The average molecular weight is 510 g/mol. The summed E-state index contributed by atoms with van der Waals surface area (Å²) in [6.45, 7) is 1.89. The van der Waals surface area contributed by atoms with Crippen LogP contribution in [-0.2, 0) is 6.42 Å². The summed E-state index contributed by atoms with van der Waals surface area (Å²) >= 11 is 1.30. The van der Waals surface area contributed by atoms with Crippen molar-refractivity contribution >= 4 is 49.7 Å². The van der Waals surface area contributed by atoms with Crippen LogP contribution in [0.5, 0.6) is 5.75 Å². The number of carbonyl (C=O) groups excluding carboxylic acids is 1. The van der Waals surface area contributed by atoms with Gasteiger partial charge in [-0.2, -0.15) is 0 Å². The van der Waals surface area contributed by atoms with Gasteiger partial charge in [-0.15, -0.1) is 24.5 Å². The largest absolute Gasteiger partial charge is 0.573 e. The van der Waals surface area contributed by atoms with E-state index < -0.39 is 6.36 Å². The van der Waals surface area contributed by atoms with Crippen molar-refractivity contribution in [3.05, 3.63) is 82.8 Å². The van der Waals surface area contributed by atoms with Gasteiger partial charge in [0.05, 0.1) is 27.2 Å². The predicted octanol–water partition coefficient (Wildman–Crippen LogP) is 5.87. The number of benzene rings is 2. The summed E-state index contributed by atoms with van der Waals surface area (Å²) in [6, 6.07) is 11.3. The molecule has 0 bridgehead atoms. The summed E-state index contributed by atoms with van der Waals surface area (Å²) in [7, 11) is 0. The summed E-state index contributed by atoms with van der Waals surface area (Å²) in [4.78, 5) is 25.8. The first-order valence-electron chi connectivity index (χ1n) is 10.7. The van der Waals surface area contributed by atoms with Gasteiger partial charge in [0.15, 0.2) is 0 Å². The number of nitrogens with two attached hydrogens (primary N) is 1. The van der Waals surface area contributed by atoms with Crippen LogP contribution in [0.25, 0.3) is 21.0 Å². The zero-order chi connectivity index (χ0) is 25.4. The Morgan fingerprint density at radius 1 is 1.06 bits per heavy atom. The Bertz CT molecular complexity index is 1600. The number of nitrogens with one attached hydrogen (secondary N) is 1. The zero-order valence-electron chi connectivity index (χ0n) is 18.8. The Labute approximate surface area is 206 Å². The number of pyridine rings is 1. The molecule has 0 unspecified atom stereocenters. The highest BCUT2D eigenvalue weighted by Gasteiger charge is 2.31. The first-order valence-corrected chi connectivity index (χ1v) is 11.6. The monoisotopic (exact) mass is 509 g/mol. The second-order valence-corrected chi connectivity index (χ2v) is 8.90. The Morgan fingerprint density at radius 2 is 1.83 bits per heavy atom. The van der Waals surface area contributed by atoms with Gasteiger partial charge in [-0.25, -0.2) is 9.97 Å². The molecule has 0 spiro atoms. The highest BCUT2D eigenvalue weighted by atomic mass is 32.1. The maximum absolute atomic E-state index is 13.2. The summed E-state index contributed by atoms with van der Waals surface area (Å²) in [5, 5.41) is 6.31.